The summed E-state index contributed by atoms with van der Waals surface area (Å²) < 4.78 is 1.68. The number of hydrogen-bond acceptors (Lipinski definition) is 5. The van der Waals surface area contributed by atoms with E-state index in [4.69, 9.17) is 4.99 Å². The maximum absolute atomic E-state index is 12.8. The van der Waals surface area contributed by atoms with Crippen molar-refractivity contribution in [2.24, 2.45) is 4.99 Å². The molecule has 0 aliphatic heterocycles. The van der Waals surface area contributed by atoms with Gasteiger partial charge in [0.25, 0.3) is 0 Å². The van der Waals surface area contributed by atoms with E-state index in [0.717, 1.165) is 33.9 Å². The molecule has 0 unspecified atom stereocenters. The van der Waals surface area contributed by atoms with Gasteiger partial charge in [0.2, 0.25) is 5.91 Å². The molecule has 0 radical (unpaired) electrons. The lowest BCUT2D eigenvalue weighted by atomic mass is 9.96. The third-order valence-electron chi connectivity index (χ3n) is 4.61. The number of thiazole rings is 1. The van der Waals surface area contributed by atoms with E-state index in [-0.39, 0.29) is 5.91 Å². The molecular formula is C20H21N3OS2. The molecule has 26 heavy (non-hydrogen) atoms. The predicted octanol–water partition coefficient (Wildman–Crippen LogP) is 4.79. The molecule has 0 saturated heterocycles. The molecule has 4 rings (SSSR count). The van der Waals surface area contributed by atoms with Gasteiger partial charge in [0.15, 0.2) is 0 Å². The summed E-state index contributed by atoms with van der Waals surface area (Å²) in [4.78, 5) is 23.5. The zero-order valence-corrected chi connectivity index (χ0v) is 16.1. The van der Waals surface area contributed by atoms with E-state index in [0.29, 0.717) is 12.5 Å². The van der Waals surface area contributed by atoms with Gasteiger partial charge in [-0.2, -0.15) is 0 Å². The molecule has 0 bridgehead atoms. The van der Waals surface area contributed by atoms with Crippen molar-refractivity contribution in [3.63, 3.8) is 0 Å². The second-order valence-electron chi connectivity index (χ2n) is 6.54. The average molecular weight is 384 g/mol. The number of carbonyl (C=O) groups excluding carboxylic acids is 1. The summed E-state index contributed by atoms with van der Waals surface area (Å²) >= 11 is 3.26. The lowest BCUT2D eigenvalue weighted by Gasteiger charge is -2.17. The van der Waals surface area contributed by atoms with E-state index in [1.807, 2.05) is 41.2 Å². The summed E-state index contributed by atoms with van der Waals surface area (Å²) in [5, 5.41) is 5.00. The molecule has 0 atom stereocenters. The molecule has 0 N–H and O–H groups in total. The van der Waals surface area contributed by atoms with E-state index < -0.39 is 0 Å². The Kier molecular flexibility index (Phi) is 5.41. The van der Waals surface area contributed by atoms with E-state index in [1.165, 1.54) is 19.3 Å². The van der Waals surface area contributed by atoms with Gasteiger partial charge in [-0.15, -0.1) is 22.7 Å². The lowest BCUT2D eigenvalue weighted by Crippen LogP contribution is -2.29. The highest BCUT2D eigenvalue weighted by Gasteiger charge is 2.14. The molecule has 1 aliphatic carbocycles. The maximum Gasteiger partial charge on any atom is 0.238 e. The summed E-state index contributed by atoms with van der Waals surface area (Å²) in [7, 11) is 0. The van der Waals surface area contributed by atoms with Crippen LogP contribution in [0, 0.1) is 0 Å². The molecule has 0 spiro atoms. The Labute approximate surface area is 160 Å². The fourth-order valence-corrected chi connectivity index (χ4v) is 4.92. The first-order valence-electron chi connectivity index (χ1n) is 9.02. The number of hydrogen-bond donors (Lipinski definition) is 0. The molecule has 0 aromatic carbocycles. The topological polar surface area (TPSA) is 47.2 Å². The van der Waals surface area contributed by atoms with Crippen molar-refractivity contribution in [2.75, 3.05) is 0 Å². The zero-order valence-electron chi connectivity index (χ0n) is 14.5. The van der Waals surface area contributed by atoms with Crippen LogP contribution < -0.4 is 5.49 Å². The zero-order chi connectivity index (χ0) is 17.8. The van der Waals surface area contributed by atoms with Gasteiger partial charge < -0.3 is 0 Å². The van der Waals surface area contributed by atoms with Crippen LogP contribution in [0.4, 0.5) is 0 Å². The van der Waals surface area contributed by atoms with Gasteiger partial charge in [-0.05, 0) is 36.4 Å². The fourth-order valence-electron chi connectivity index (χ4n) is 3.29. The Morgan fingerprint density at radius 1 is 1.15 bits per heavy atom. The van der Waals surface area contributed by atoms with Gasteiger partial charge in [0, 0.05) is 11.6 Å². The quantitative estimate of drug-likeness (QED) is 0.650. The molecule has 1 aliphatic rings. The molecule has 3 heterocycles. The van der Waals surface area contributed by atoms with Crippen LogP contribution in [0.3, 0.4) is 0 Å². The van der Waals surface area contributed by atoms with Crippen molar-refractivity contribution >= 4 is 28.6 Å². The molecule has 0 amide bonds. The van der Waals surface area contributed by atoms with Crippen molar-refractivity contribution in [3.05, 3.63) is 58.5 Å². The summed E-state index contributed by atoms with van der Waals surface area (Å²) in [6.07, 6.45) is 8.13. The predicted molar refractivity (Wildman–Crippen MR) is 107 cm³/mol. The van der Waals surface area contributed by atoms with Crippen LogP contribution in [-0.2, 0) is 6.42 Å². The number of thiophene rings is 1. The van der Waals surface area contributed by atoms with Crippen molar-refractivity contribution in [3.8, 4) is 9.88 Å². The van der Waals surface area contributed by atoms with Crippen LogP contribution in [0.2, 0.25) is 0 Å². The van der Waals surface area contributed by atoms with Crippen molar-refractivity contribution in [2.45, 2.75) is 44.6 Å². The highest BCUT2D eigenvalue weighted by Crippen LogP contribution is 2.28. The minimum Gasteiger partial charge on any atom is -0.274 e. The van der Waals surface area contributed by atoms with E-state index >= 15 is 0 Å². The summed E-state index contributed by atoms with van der Waals surface area (Å²) in [6.45, 7) is 0. The minimum atomic E-state index is 0.0168. The van der Waals surface area contributed by atoms with E-state index in [1.54, 1.807) is 27.2 Å². The summed E-state index contributed by atoms with van der Waals surface area (Å²) in [6, 6.07) is 10.2. The number of nitrogens with zero attached hydrogens (tertiary/aromatic N) is 3. The summed E-state index contributed by atoms with van der Waals surface area (Å²) in [5.74, 6) is 0.0168. The molecule has 134 valence electrons. The molecule has 3 aromatic rings. The van der Waals surface area contributed by atoms with Gasteiger partial charge in [-0.3, -0.25) is 14.4 Å². The van der Waals surface area contributed by atoms with Gasteiger partial charge >= 0.3 is 0 Å². The number of aromatic nitrogens is 2. The van der Waals surface area contributed by atoms with Crippen molar-refractivity contribution < 1.29 is 4.79 Å². The Morgan fingerprint density at radius 2 is 2.04 bits per heavy atom. The number of pyridine rings is 1. The Bertz CT molecular complexity index is 934. The SMILES string of the molecule is O=C(Cc1csc(-c2cccs2)n1)n1ccccc1=NC1CCCCC1. The third-order valence-corrected chi connectivity index (χ3v) is 6.54. The monoisotopic (exact) mass is 383 g/mol. The molecule has 4 nitrogen and oxygen atoms in total. The smallest absolute Gasteiger partial charge is 0.238 e. The molecule has 1 fully saturated rings. The van der Waals surface area contributed by atoms with Crippen LogP contribution in [0.1, 0.15) is 42.6 Å². The highest BCUT2D eigenvalue weighted by molar-refractivity contribution is 7.20. The van der Waals surface area contributed by atoms with Gasteiger partial charge in [-0.25, -0.2) is 4.98 Å². The van der Waals surface area contributed by atoms with Gasteiger partial charge in [-0.1, -0.05) is 31.4 Å². The van der Waals surface area contributed by atoms with Crippen LogP contribution in [0.15, 0.2) is 52.3 Å². The van der Waals surface area contributed by atoms with Crippen molar-refractivity contribution in [1.29, 1.82) is 0 Å². The first-order chi connectivity index (χ1) is 12.8. The number of carbonyl (C=O) groups is 1. The van der Waals surface area contributed by atoms with Crippen LogP contribution >= 0.6 is 22.7 Å². The van der Waals surface area contributed by atoms with Gasteiger partial charge in [0.05, 0.1) is 23.0 Å². The van der Waals surface area contributed by atoms with Gasteiger partial charge in [0.1, 0.15) is 10.5 Å². The second-order valence-corrected chi connectivity index (χ2v) is 8.35. The highest BCUT2D eigenvalue weighted by atomic mass is 32.1. The molecule has 6 heteroatoms. The lowest BCUT2D eigenvalue weighted by molar-refractivity contribution is 0.0907. The third kappa shape index (κ3) is 4.02. The Balaban J connectivity index is 1.54. The van der Waals surface area contributed by atoms with E-state index in [9.17, 15) is 4.79 Å². The van der Waals surface area contributed by atoms with Crippen LogP contribution in [0.25, 0.3) is 9.88 Å². The summed E-state index contributed by atoms with van der Waals surface area (Å²) in [5.41, 5.74) is 1.58. The number of rotatable bonds is 4. The Hall–Kier alpha value is -2.05. The normalized spacial score (nSPS) is 16.1. The largest absolute Gasteiger partial charge is 0.274 e. The van der Waals surface area contributed by atoms with Crippen LogP contribution in [-0.4, -0.2) is 21.5 Å². The van der Waals surface area contributed by atoms with Crippen LogP contribution in [0.5, 0.6) is 0 Å². The second kappa shape index (κ2) is 8.10. The van der Waals surface area contributed by atoms with E-state index in [2.05, 4.69) is 11.1 Å². The molecule has 3 aromatic heterocycles. The van der Waals surface area contributed by atoms with Crippen molar-refractivity contribution in [1.82, 2.24) is 9.55 Å². The maximum atomic E-state index is 12.8. The Morgan fingerprint density at radius 3 is 2.85 bits per heavy atom. The first-order valence-corrected chi connectivity index (χ1v) is 10.8. The first kappa shape index (κ1) is 17.4. The average Bonchev–Trinajstić information content (AvgIpc) is 3.34. The molecule has 1 saturated carbocycles. The standard InChI is InChI=1S/C20H21N3OS2/c24-19(13-16-14-26-20(22-16)17-9-6-12-25-17)23-11-5-4-10-18(23)21-15-7-2-1-3-8-15/h4-6,9-12,14-15H,1-3,7-8,13H2. The minimum absolute atomic E-state index is 0.0168. The fraction of sp³-hybridized carbons (Fsp3) is 0.350. The molecular weight excluding hydrogens is 362 g/mol.